The lowest BCUT2D eigenvalue weighted by Gasteiger charge is -2.22. The average Bonchev–Trinajstić information content (AvgIpc) is 3.45. The molecule has 9 heteroatoms. The van der Waals surface area contributed by atoms with Gasteiger partial charge in [-0.1, -0.05) is 17.7 Å². The maximum Gasteiger partial charge on any atom is 0.321 e. The number of carbonyl (C=O) groups excluding carboxylic acids is 2. The van der Waals surface area contributed by atoms with Crippen molar-refractivity contribution in [2.75, 3.05) is 20.2 Å². The fourth-order valence-corrected chi connectivity index (χ4v) is 3.67. The lowest BCUT2D eigenvalue weighted by Crippen LogP contribution is -2.48. The van der Waals surface area contributed by atoms with Crippen LogP contribution in [0.1, 0.15) is 25.3 Å². The molecule has 1 atom stereocenters. The number of rotatable bonds is 8. The summed E-state index contributed by atoms with van der Waals surface area (Å²) in [6, 6.07) is 8.32. The van der Waals surface area contributed by atoms with E-state index in [1.165, 1.54) is 19.2 Å². The molecular weight excluding hydrogens is 370 g/mol. The van der Waals surface area contributed by atoms with Crippen molar-refractivity contribution in [1.29, 1.82) is 5.26 Å². The van der Waals surface area contributed by atoms with Gasteiger partial charge in [-0.2, -0.15) is 9.57 Å². The van der Waals surface area contributed by atoms with Crippen LogP contribution in [0.25, 0.3) is 0 Å². The van der Waals surface area contributed by atoms with Crippen molar-refractivity contribution in [3.05, 3.63) is 29.8 Å². The van der Waals surface area contributed by atoms with Gasteiger partial charge in [-0.05, 0) is 44.7 Å². The Bertz CT molecular complexity index is 856. The SMILES string of the molecule is Cc1ccc(S(=O)(=O)N(C)CC(=O)OCC(=O)N[C@](C)(C#N)C2CC2)cc1. The molecule has 0 radical (unpaired) electrons. The molecule has 0 bridgehead atoms. The van der Waals surface area contributed by atoms with E-state index in [4.69, 9.17) is 4.74 Å². The van der Waals surface area contributed by atoms with Crippen molar-refractivity contribution in [2.24, 2.45) is 5.92 Å². The van der Waals surface area contributed by atoms with Gasteiger partial charge in [0, 0.05) is 7.05 Å². The predicted molar refractivity (Wildman–Crippen MR) is 96.8 cm³/mol. The molecule has 8 nitrogen and oxygen atoms in total. The molecule has 1 amide bonds. The number of ether oxygens (including phenoxy) is 1. The van der Waals surface area contributed by atoms with Gasteiger partial charge in [-0.25, -0.2) is 8.42 Å². The van der Waals surface area contributed by atoms with E-state index in [0.717, 1.165) is 22.7 Å². The number of benzene rings is 1. The molecular formula is C18H23N3O5S. The van der Waals surface area contributed by atoms with E-state index in [0.29, 0.717) is 0 Å². The molecule has 0 saturated heterocycles. The summed E-state index contributed by atoms with van der Waals surface area (Å²) >= 11 is 0. The number of sulfonamides is 1. The Morgan fingerprint density at radius 3 is 2.44 bits per heavy atom. The minimum absolute atomic E-state index is 0.0652. The molecule has 1 aliphatic carbocycles. The quantitative estimate of drug-likeness (QED) is 0.658. The van der Waals surface area contributed by atoms with Gasteiger partial charge in [-0.3, -0.25) is 9.59 Å². The van der Waals surface area contributed by atoms with E-state index < -0.39 is 40.6 Å². The first-order valence-electron chi connectivity index (χ1n) is 8.49. The number of nitrogens with one attached hydrogen (secondary N) is 1. The number of carbonyl (C=O) groups is 2. The summed E-state index contributed by atoms with van der Waals surface area (Å²) in [6.07, 6.45) is 1.73. The Morgan fingerprint density at radius 2 is 1.93 bits per heavy atom. The Hall–Kier alpha value is -2.44. The smallest absolute Gasteiger partial charge is 0.321 e. The van der Waals surface area contributed by atoms with E-state index in [2.05, 4.69) is 11.4 Å². The number of nitrogens with zero attached hydrogens (tertiary/aromatic N) is 2. The van der Waals surface area contributed by atoms with Crippen molar-refractivity contribution in [3.63, 3.8) is 0 Å². The zero-order chi connectivity index (χ0) is 20.2. The molecule has 2 rings (SSSR count). The summed E-state index contributed by atoms with van der Waals surface area (Å²) < 4.78 is 30.6. The molecule has 1 aromatic rings. The standard InChI is InChI=1S/C18H23N3O5S/c1-13-4-8-15(9-5-13)27(24,25)21(3)10-17(23)26-11-16(22)20-18(2,12-19)14-6-7-14/h4-5,8-9,14H,6-7,10-11H2,1-3H3,(H,20,22)/t18-/m1/s1. The number of likely N-dealkylation sites (N-methyl/N-ethyl adjacent to an activating group) is 1. The molecule has 0 aliphatic heterocycles. The van der Waals surface area contributed by atoms with Crippen LogP contribution in [0.3, 0.4) is 0 Å². The monoisotopic (exact) mass is 393 g/mol. The third-order valence-electron chi connectivity index (χ3n) is 4.47. The minimum atomic E-state index is -3.84. The summed E-state index contributed by atoms with van der Waals surface area (Å²) in [5, 5.41) is 11.8. The van der Waals surface area contributed by atoms with Gasteiger partial charge in [0.15, 0.2) is 6.61 Å². The number of amides is 1. The number of nitriles is 1. The molecule has 27 heavy (non-hydrogen) atoms. The van der Waals surface area contributed by atoms with Crippen molar-refractivity contribution >= 4 is 21.9 Å². The maximum absolute atomic E-state index is 12.4. The van der Waals surface area contributed by atoms with Crippen LogP contribution >= 0.6 is 0 Å². The van der Waals surface area contributed by atoms with Crippen LogP contribution in [-0.2, 0) is 24.3 Å². The molecule has 1 saturated carbocycles. The van der Waals surface area contributed by atoms with Gasteiger partial charge >= 0.3 is 5.97 Å². The summed E-state index contributed by atoms with van der Waals surface area (Å²) in [6.45, 7) is 2.37. The maximum atomic E-state index is 12.4. The second kappa shape index (κ2) is 8.06. The summed E-state index contributed by atoms with van der Waals surface area (Å²) in [5.74, 6) is -1.34. The highest BCUT2D eigenvalue weighted by molar-refractivity contribution is 7.89. The van der Waals surface area contributed by atoms with Crippen LogP contribution in [0.15, 0.2) is 29.2 Å². The molecule has 1 N–H and O–H groups in total. The molecule has 1 fully saturated rings. The first-order valence-corrected chi connectivity index (χ1v) is 9.93. The fourth-order valence-electron chi connectivity index (χ4n) is 2.56. The Kier molecular flexibility index (Phi) is 6.23. The van der Waals surface area contributed by atoms with Crippen molar-refractivity contribution in [3.8, 4) is 6.07 Å². The second-order valence-electron chi connectivity index (χ2n) is 6.87. The molecule has 0 spiro atoms. The lowest BCUT2D eigenvalue weighted by molar-refractivity contribution is -0.148. The van der Waals surface area contributed by atoms with Crippen LogP contribution in [0, 0.1) is 24.2 Å². The number of hydrogen-bond donors (Lipinski definition) is 1. The zero-order valence-electron chi connectivity index (χ0n) is 15.6. The zero-order valence-corrected chi connectivity index (χ0v) is 16.4. The molecule has 1 aromatic carbocycles. The van der Waals surface area contributed by atoms with E-state index >= 15 is 0 Å². The van der Waals surface area contributed by atoms with Crippen molar-refractivity contribution < 1.29 is 22.7 Å². The van der Waals surface area contributed by atoms with E-state index in [1.807, 2.05) is 6.92 Å². The molecule has 146 valence electrons. The summed E-state index contributed by atoms with van der Waals surface area (Å²) in [7, 11) is -2.58. The number of hydrogen-bond acceptors (Lipinski definition) is 6. The lowest BCUT2D eigenvalue weighted by atomic mass is 9.98. The summed E-state index contributed by atoms with van der Waals surface area (Å²) in [5.41, 5.74) is -0.0627. The van der Waals surface area contributed by atoms with Crippen LogP contribution in [0.2, 0.25) is 0 Å². The molecule has 0 unspecified atom stereocenters. The van der Waals surface area contributed by atoms with Gasteiger partial charge in [0.25, 0.3) is 5.91 Å². The van der Waals surface area contributed by atoms with E-state index in [9.17, 15) is 23.3 Å². The van der Waals surface area contributed by atoms with Gasteiger partial charge in [-0.15, -0.1) is 0 Å². The van der Waals surface area contributed by atoms with Crippen molar-refractivity contribution in [2.45, 2.75) is 37.1 Å². The Labute approximate surface area is 159 Å². The van der Waals surface area contributed by atoms with E-state index in [-0.39, 0.29) is 10.8 Å². The van der Waals surface area contributed by atoms with Gasteiger partial charge in [0.1, 0.15) is 12.1 Å². The van der Waals surface area contributed by atoms with Crippen LogP contribution in [0.4, 0.5) is 0 Å². The highest BCUT2D eigenvalue weighted by Crippen LogP contribution is 2.39. The molecule has 1 aliphatic rings. The van der Waals surface area contributed by atoms with Crippen LogP contribution in [-0.4, -0.2) is 50.3 Å². The first kappa shape index (κ1) is 20.9. The number of esters is 1. The Morgan fingerprint density at radius 1 is 1.33 bits per heavy atom. The number of aryl methyl sites for hydroxylation is 1. The fraction of sp³-hybridized carbons (Fsp3) is 0.500. The van der Waals surface area contributed by atoms with Crippen molar-refractivity contribution in [1.82, 2.24) is 9.62 Å². The highest BCUT2D eigenvalue weighted by Gasteiger charge is 2.43. The van der Waals surface area contributed by atoms with Gasteiger partial charge in [0.2, 0.25) is 10.0 Å². The second-order valence-corrected chi connectivity index (χ2v) is 8.92. The van der Waals surface area contributed by atoms with Gasteiger partial charge < -0.3 is 10.1 Å². The molecule has 0 heterocycles. The summed E-state index contributed by atoms with van der Waals surface area (Å²) in [4.78, 5) is 23.9. The van der Waals surface area contributed by atoms with Crippen LogP contribution < -0.4 is 5.32 Å². The topological polar surface area (TPSA) is 117 Å². The van der Waals surface area contributed by atoms with E-state index in [1.54, 1.807) is 19.1 Å². The van der Waals surface area contributed by atoms with Crippen LogP contribution in [0.5, 0.6) is 0 Å². The third kappa shape index (κ3) is 5.28. The Balaban J connectivity index is 1.86. The molecule has 0 aromatic heterocycles. The third-order valence-corrected chi connectivity index (χ3v) is 6.29. The predicted octanol–water partition coefficient (Wildman–Crippen LogP) is 0.967. The normalized spacial score (nSPS) is 16.3. The highest BCUT2D eigenvalue weighted by atomic mass is 32.2. The van der Waals surface area contributed by atoms with Gasteiger partial charge in [0.05, 0.1) is 11.0 Å². The minimum Gasteiger partial charge on any atom is -0.455 e. The first-order chi connectivity index (χ1) is 12.6. The average molecular weight is 393 g/mol. The largest absolute Gasteiger partial charge is 0.455 e.